The topological polar surface area (TPSA) is 133 Å². The van der Waals surface area contributed by atoms with Crippen LogP contribution >= 0.6 is 0 Å². The first-order valence-electron chi connectivity index (χ1n) is 9.24. The van der Waals surface area contributed by atoms with E-state index in [1.807, 2.05) is 18.2 Å². The fourth-order valence-electron chi connectivity index (χ4n) is 3.47. The van der Waals surface area contributed by atoms with E-state index in [-0.39, 0.29) is 30.8 Å². The number of hydrogen-bond acceptors (Lipinski definition) is 6. The zero-order chi connectivity index (χ0) is 21.8. The largest absolute Gasteiger partial charge is 0.465 e. The average molecular weight is 434 g/mol. The Labute approximate surface area is 173 Å². The first-order valence-corrected chi connectivity index (χ1v) is 10.9. The average Bonchev–Trinajstić information content (AvgIpc) is 2.74. The van der Waals surface area contributed by atoms with Gasteiger partial charge in [0.05, 0.1) is 16.1 Å². The van der Waals surface area contributed by atoms with Gasteiger partial charge in [0, 0.05) is 13.1 Å². The lowest BCUT2D eigenvalue weighted by Crippen LogP contribution is -2.52. The van der Waals surface area contributed by atoms with Crippen LogP contribution in [0.5, 0.6) is 11.5 Å². The van der Waals surface area contributed by atoms with Crippen molar-refractivity contribution in [3.05, 3.63) is 54.6 Å². The van der Waals surface area contributed by atoms with E-state index >= 15 is 0 Å². The molecule has 0 spiro atoms. The Kier molecular flexibility index (Phi) is 6.28. The molecule has 2 amide bonds. The zero-order valence-electron chi connectivity index (χ0n) is 16.0. The fraction of sp³-hybridized carbons (Fsp3) is 0.300. The lowest BCUT2D eigenvalue weighted by molar-refractivity contribution is -0.141. The van der Waals surface area contributed by atoms with Crippen molar-refractivity contribution in [3.8, 4) is 11.5 Å². The van der Waals surface area contributed by atoms with Crippen molar-refractivity contribution >= 4 is 21.8 Å². The van der Waals surface area contributed by atoms with E-state index in [0.717, 1.165) is 4.90 Å². The van der Waals surface area contributed by atoms with Gasteiger partial charge in [-0.25, -0.2) is 18.7 Å². The van der Waals surface area contributed by atoms with Gasteiger partial charge >= 0.3 is 6.09 Å². The van der Waals surface area contributed by atoms with E-state index in [0.29, 0.717) is 11.5 Å². The molecule has 0 bridgehead atoms. The van der Waals surface area contributed by atoms with Crippen LogP contribution in [0.3, 0.4) is 0 Å². The van der Waals surface area contributed by atoms with Crippen LogP contribution in [-0.4, -0.2) is 54.5 Å². The van der Waals surface area contributed by atoms with Gasteiger partial charge in [-0.15, -0.1) is 0 Å². The minimum absolute atomic E-state index is 0.00211. The summed E-state index contributed by atoms with van der Waals surface area (Å²) in [6.07, 6.45) is -1.16. The molecule has 0 saturated carbocycles. The highest BCUT2D eigenvalue weighted by atomic mass is 32.2. The molecule has 1 fully saturated rings. The number of likely N-dealkylation sites (tertiary alicyclic amines) is 1. The van der Waals surface area contributed by atoms with Crippen molar-refractivity contribution in [2.45, 2.75) is 17.7 Å². The summed E-state index contributed by atoms with van der Waals surface area (Å²) in [5.74, 6) is -0.312. The van der Waals surface area contributed by atoms with Gasteiger partial charge in [0.15, 0.2) is 9.84 Å². The van der Waals surface area contributed by atoms with E-state index in [1.54, 1.807) is 17.6 Å². The van der Waals surface area contributed by atoms with Crippen molar-refractivity contribution in [2.24, 2.45) is 5.41 Å². The van der Waals surface area contributed by atoms with E-state index in [1.165, 1.54) is 24.3 Å². The highest BCUT2D eigenvalue weighted by molar-refractivity contribution is 7.91. The van der Waals surface area contributed by atoms with Crippen molar-refractivity contribution in [1.82, 2.24) is 10.4 Å². The number of benzene rings is 2. The Morgan fingerprint density at radius 2 is 1.57 bits per heavy atom. The number of sulfone groups is 1. The highest BCUT2D eigenvalue weighted by Crippen LogP contribution is 2.35. The molecule has 3 N–H and O–H groups in total. The second-order valence-electron chi connectivity index (χ2n) is 7.14. The molecule has 3 rings (SSSR count). The first kappa shape index (κ1) is 21.6. The Morgan fingerprint density at radius 1 is 1.00 bits per heavy atom. The molecule has 0 aromatic heterocycles. The number of para-hydroxylation sites is 1. The zero-order valence-corrected chi connectivity index (χ0v) is 16.8. The molecule has 1 saturated heterocycles. The van der Waals surface area contributed by atoms with Gasteiger partial charge in [-0.3, -0.25) is 10.0 Å². The summed E-state index contributed by atoms with van der Waals surface area (Å²) in [7, 11) is -3.89. The van der Waals surface area contributed by atoms with Gasteiger partial charge in [-0.2, -0.15) is 0 Å². The second-order valence-corrected chi connectivity index (χ2v) is 9.13. The van der Waals surface area contributed by atoms with Crippen molar-refractivity contribution in [3.63, 3.8) is 0 Å². The maximum absolute atomic E-state index is 13.0. The number of carbonyl (C=O) groups is 2. The summed E-state index contributed by atoms with van der Waals surface area (Å²) in [4.78, 5) is 24.6. The smallest absolute Gasteiger partial charge is 0.407 e. The molecular formula is C20H22N2O7S. The minimum Gasteiger partial charge on any atom is -0.465 e. The minimum atomic E-state index is -3.89. The quantitative estimate of drug-likeness (QED) is 0.470. The fourth-order valence-corrected chi connectivity index (χ4v) is 5.33. The maximum atomic E-state index is 13.0. The third-order valence-electron chi connectivity index (χ3n) is 5.20. The van der Waals surface area contributed by atoms with E-state index in [9.17, 15) is 18.0 Å². The van der Waals surface area contributed by atoms with Crippen LogP contribution in [0.1, 0.15) is 12.8 Å². The molecule has 2 aromatic carbocycles. The van der Waals surface area contributed by atoms with Crippen LogP contribution in [-0.2, 0) is 14.6 Å². The standard InChI is InChI=1S/C20H22N2O7S/c23-18(21-26)20(10-12-22(13-11-20)19(24)25)14-30(27,28)17-8-6-16(7-9-17)29-15-4-2-1-3-5-15/h1-9,26H,10-14H2,(H,21,23)(H,24,25). The Balaban J connectivity index is 1.78. The summed E-state index contributed by atoms with van der Waals surface area (Å²) in [6.45, 7) is 0.00422. The Morgan fingerprint density at radius 3 is 2.10 bits per heavy atom. The number of rotatable bonds is 6. The Bertz CT molecular complexity index is 999. The van der Waals surface area contributed by atoms with E-state index in [2.05, 4.69) is 0 Å². The van der Waals surface area contributed by atoms with Crippen molar-refractivity contribution in [2.75, 3.05) is 18.8 Å². The number of amides is 2. The molecule has 0 atom stereocenters. The molecule has 30 heavy (non-hydrogen) atoms. The molecular weight excluding hydrogens is 412 g/mol. The van der Waals surface area contributed by atoms with Crippen molar-refractivity contribution in [1.29, 1.82) is 0 Å². The molecule has 9 nitrogen and oxygen atoms in total. The predicted octanol–water partition coefficient (Wildman–Crippen LogP) is 2.52. The highest BCUT2D eigenvalue weighted by Gasteiger charge is 2.46. The lowest BCUT2D eigenvalue weighted by atomic mass is 9.79. The summed E-state index contributed by atoms with van der Waals surface area (Å²) >= 11 is 0. The predicted molar refractivity (Wildman–Crippen MR) is 106 cm³/mol. The van der Waals surface area contributed by atoms with Crippen LogP contribution in [0.25, 0.3) is 0 Å². The monoisotopic (exact) mass is 434 g/mol. The van der Waals surface area contributed by atoms with Crippen LogP contribution < -0.4 is 10.2 Å². The van der Waals surface area contributed by atoms with Gasteiger partial charge in [-0.05, 0) is 49.2 Å². The number of ether oxygens (including phenoxy) is 1. The van der Waals surface area contributed by atoms with E-state index < -0.39 is 33.0 Å². The molecule has 1 aliphatic rings. The third-order valence-corrected chi connectivity index (χ3v) is 7.13. The molecule has 2 aromatic rings. The van der Waals surface area contributed by atoms with Crippen LogP contribution in [0.2, 0.25) is 0 Å². The third kappa shape index (κ3) is 4.71. The van der Waals surface area contributed by atoms with E-state index in [4.69, 9.17) is 15.1 Å². The summed E-state index contributed by atoms with van der Waals surface area (Å²) in [6, 6.07) is 14.8. The molecule has 0 unspecified atom stereocenters. The first-order chi connectivity index (χ1) is 14.3. The number of nitrogens with zero attached hydrogens (tertiary/aromatic N) is 1. The van der Waals surface area contributed by atoms with Crippen molar-refractivity contribution < 1.29 is 33.1 Å². The van der Waals surface area contributed by atoms with Gasteiger partial charge in [0.25, 0.3) is 5.91 Å². The summed E-state index contributed by atoms with van der Waals surface area (Å²) in [5, 5.41) is 18.2. The summed E-state index contributed by atoms with van der Waals surface area (Å²) in [5.41, 5.74) is 0.123. The van der Waals surface area contributed by atoms with Gasteiger partial charge in [-0.1, -0.05) is 18.2 Å². The molecule has 160 valence electrons. The normalized spacial score (nSPS) is 16.0. The molecule has 1 heterocycles. The number of hydroxylamine groups is 1. The SMILES string of the molecule is O=C(O)N1CCC(CS(=O)(=O)c2ccc(Oc3ccccc3)cc2)(C(=O)NO)CC1. The molecule has 0 aliphatic carbocycles. The molecule has 0 radical (unpaired) electrons. The molecule has 10 heteroatoms. The number of carbonyl (C=O) groups excluding carboxylic acids is 1. The maximum Gasteiger partial charge on any atom is 0.407 e. The molecule has 1 aliphatic heterocycles. The number of piperidine rings is 1. The number of nitrogens with one attached hydrogen (secondary N) is 1. The van der Waals surface area contributed by atoms with Gasteiger partial charge < -0.3 is 14.7 Å². The summed E-state index contributed by atoms with van der Waals surface area (Å²) < 4.78 is 31.6. The second kappa shape index (κ2) is 8.72. The number of hydrogen-bond donors (Lipinski definition) is 3. The van der Waals surface area contributed by atoms with Gasteiger partial charge in [0.2, 0.25) is 0 Å². The Hall–Kier alpha value is -3.11. The van der Waals surface area contributed by atoms with Crippen LogP contribution in [0.15, 0.2) is 59.5 Å². The van der Waals surface area contributed by atoms with Crippen LogP contribution in [0.4, 0.5) is 4.79 Å². The number of carboxylic acid groups (broad SMARTS) is 1. The van der Waals surface area contributed by atoms with Crippen LogP contribution in [0, 0.1) is 5.41 Å². The lowest BCUT2D eigenvalue weighted by Gasteiger charge is -2.38. The van der Waals surface area contributed by atoms with Gasteiger partial charge in [0.1, 0.15) is 11.5 Å².